The summed E-state index contributed by atoms with van der Waals surface area (Å²) < 4.78 is 11.9. The monoisotopic (exact) mass is 621 g/mol. The average Bonchev–Trinajstić information content (AvgIpc) is 3.01. The number of carbonyl (C=O) groups is 4. The lowest BCUT2D eigenvalue weighted by atomic mass is 10.0. The van der Waals surface area contributed by atoms with Crippen LogP contribution in [-0.4, -0.2) is 70.6 Å². The molecule has 1 saturated heterocycles. The molecule has 11 nitrogen and oxygen atoms in total. The number of hydrogen-bond donors (Lipinski definition) is 3. The van der Waals surface area contributed by atoms with Crippen LogP contribution in [0.2, 0.25) is 0 Å². The van der Waals surface area contributed by atoms with Gasteiger partial charge in [-0.3, -0.25) is 29.2 Å². The second-order valence-electron chi connectivity index (χ2n) is 13.0. The molecule has 0 aliphatic carbocycles. The van der Waals surface area contributed by atoms with Crippen molar-refractivity contribution in [1.82, 2.24) is 26.1 Å². The number of benzene rings is 1. The Morgan fingerprint density at radius 1 is 1.04 bits per heavy atom. The van der Waals surface area contributed by atoms with Crippen molar-refractivity contribution in [2.45, 2.75) is 97.6 Å². The SMILES string of the molecule is CCC(C)(C)OCC1/C=C/c2ccc3ccc(nc3c2)[C@@H](C)NC(=O)[C@@H]2CCCN(N2)C(=O)[C@H](C)NC(=O)[C@H](C(C)C)OC1=O. The van der Waals surface area contributed by atoms with Crippen molar-refractivity contribution in [2.75, 3.05) is 13.2 Å². The van der Waals surface area contributed by atoms with Crippen LogP contribution in [0.5, 0.6) is 0 Å². The van der Waals surface area contributed by atoms with E-state index in [1.807, 2.05) is 64.1 Å². The number of esters is 1. The average molecular weight is 622 g/mol. The molecule has 0 spiro atoms. The van der Waals surface area contributed by atoms with Crippen molar-refractivity contribution in [1.29, 1.82) is 0 Å². The molecule has 45 heavy (non-hydrogen) atoms. The molecule has 0 saturated carbocycles. The summed E-state index contributed by atoms with van der Waals surface area (Å²) in [5.74, 6) is -2.96. The quantitative estimate of drug-likeness (QED) is 0.429. The molecule has 5 atom stereocenters. The second kappa shape index (κ2) is 14.5. The Morgan fingerprint density at radius 3 is 2.47 bits per heavy atom. The van der Waals surface area contributed by atoms with Crippen molar-refractivity contribution >= 4 is 40.7 Å². The molecule has 2 aliphatic rings. The van der Waals surface area contributed by atoms with Gasteiger partial charge >= 0.3 is 5.97 Å². The molecule has 11 heteroatoms. The third-order valence-corrected chi connectivity index (χ3v) is 8.47. The number of rotatable bonds is 5. The highest BCUT2D eigenvalue weighted by molar-refractivity contribution is 5.91. The standard InChI is InChI=1S/C34H47N5O6/c1-8-34(6,7)44-19-25-14-12-23-11-13-24-15-16-26(37-28(24)18-23)21(4)35-30(40)27-10-9-17-39(38-27)32(42)22(5)36-31(41)29(20(2)3)45-33(25)43/h11-16,18,20-22,25,27,29,38H,8-10,17,19H2,1-7H3,(H,35,40)(H,36,41)/b14-12+/t21-,22+,25?,27+,29+/m1/s1. The zero-order valence-electron chi connectivity index (χ0n) is 27.4. The van der Waals surface area contributed by atoms with E-state index in [4.69, 9.17) is 14.5 Å². The molecule has 2 aliphatic heterocycles. The van der Waals surface area contributed by atoms with Gasteiger partial charge in [0.2, 0.25) is 5.91 Å². The minimum atomic E-state index is -1.13. The summed E-state index contributed by atoms with van der Waals surface area (Å²) >= 11 is 0. The van der Waals surface area contributed by atoms with Crippen LogP contribution in [0, 0.1) is 11.8 Å². The lowest BCUT2D eigenvalue weighted by Crippen LogP contribution is -2.61. The Morgan fingerprint density at radius 2 is 1.76 bits per heavy atom. The molecular formula is C34H47N5O6. The van der Waals surface area contributed by atoms with Crippen molar-refractivity contribution in [3.63, 3.8) is 0 Å². The first-order valence-corrected chi connectivity index (χ1v) is 15.9. The Labute approximate surface area is 265 Å². The Bertz CT molecular complexity index is 1440. The van der Waals surface area contributed by atoms with E-state index in [-0.39, 0.29) is 24.5 Å². The number of fused-ring (bicyclic) bond motifs is 4. The van der Waals surface area contributed by atoms with Crippen LogP contribution >= 0.6 is 0 Å². The van der Waals surface area contributed by atoms with Gasteiger partial charge in [0.15, 0.2) is 6.10 Å². The van der Waals surface area contributed by atoms with Gasteiger partial charge in [0.1, 0.15) is 12.1 Å². The van der Waals surface area contributed by atoms with Gasteiger partial charge in [-0.25, -0.2) is 5.43 Å². The van der Waals surface area contributed by atoms with Crippen LogP contribution in [0.4, 0.5) is 0 Å². The van der Waals surface area contributed by atoms with Crippen molar-refractivity contribution in [3.8, 4) is 0 Å². The van der Waals surface area contributed by atoms with Crippen molar-refractivity contribution in [2.24, 2.45) is 11.8 Å². The lowest BCUT2D eigenvalue weighted by molar-refractivity contribution is -0.164. The summed E-state index contributed by atoms with van der Waals surface area (Å²) in [7, 11) is 0. The fraction of sp³-hybridized carbons (Fsp3) is 0.559. The number of nitrogens with zero attached hydrogens (tertiary/aromatic N) is 2. The van der Waals surface area contributed by atoms with Gasteiger partial charge in [-0.1, -0.05) is 51.1 Å². The minimum Gasteiger partial charge on any atom is -0.451 e. The van der Waals surface area contributed by atoms with E-state index < -0.39 is 47.5 Å². The molecule has 1 aromatic carbocycles. The highest BCUT2D eigenvalue weighted by Crippen LogP contribution is 2.22. The molecular weight excluding hydrogens is 574 g/mol. The smallest absolute Gasteiger partial charge is 0.315 e. The number of aromatic nitrogens is 1. The topological polar surface area (TPSA) is 139 Å². The molecule has 1 aromatic heterocycles. The van der Waals surface area contributed by atoms with E-state index in [2.05, 4.69) is 16.1 Å². The number of hydrazine groups is 1. The maximum Gasteiger partial charge on any atom is 0.315 e. The number of carbonyl (C=O) groups excluding carboxylic acids is 4. The summed E-state index contributed by atoms with van der Waals surface area (Å²) in [6.07, 6.45) is 4.32. The summed E-state index contributed by atoms with van der Waals surface area (Å²) in [5.41, 5.74) is 4.82. The second-order valence-corrected chi connectivity index (χ2v) is 13.0. The summed E-state index contributed by atoms with van der Waals surface area (Å²) in [6.45, 7) is 13.4. The Kier molecular flexibility index (Phi) is 11.0. The van der Waals surface area contributed by atoms with Gasteiger partial charge in [-0.05, 0) is 70.6 Å². The molecule has 3 heterocycles. The molecule has 244 valence electrons. The fourth-order valence-electron chi connectivity index (χ4n) is 5.16. The molecule has 2 aromatic rings. The predicted octanol–water partition coefficient (Wildman–Crippen LogP) is 3.83. The zero-order valence-corrected chi connectivity index (χ0v) is 27.4. The highest BCUT2D eigenvalue weighted by atomic mass is 16.6. The van der Waals surface area contributed by atoms with Gasteiger partial charge < -0.3 is 20.1 Å². The van der Waals surface area contributed by atoms with Crippen LogP contribution in [0.3, 0.4) is 0 Å². The van der Waals surface area contributed by atoms with Gasteiger partial charge in [0, 0.05) is 11.9 Å². The first-order chi connectivity index (χ1) is 21.3. The summed E-state index contributed by atoms with van der Waals surface area (Å²) in [5, 5.41) is 8.05. The van der Waals surface area contributed by atoms with E-state index in [1.165, 1.54) is 5.01 Å². The number of cyclic esters (lactones) is 1. The Balaban J connectivity index is 1.72. The number of pyridine rings is 1. The molecule has 3 amide bonds. The van der Waals surface area contributed by atoms with E-state index in [0.717, 1.165) is 22.9 Å². The van der Waals surface area contributed by atoms with Crippen LogP contribution in [0.1, 0.15) is 85.0 Å². The fourth-order valence-corrected chi connectivity index (χ4v) is 5.16. The van der Waals surface area contributed by atoms with Crippen molar-refractivity contribution in [3.05, 3.63) is 47.7 Å². The molecule has 1 unspecified atom stereocenters. The van der Waals surface area contributed by atoms with Crippen LogP contribution in [-0.2, 0) is 28.7 Å². The number of amides is 3. The molecule has 3 N–H and O–H groups in total. The van der Waals surface area contributed by atoms with E-state index >= 15 is 0 Å². The number of nitrogens with one attached hydrogen (secondary N) is 3. The minimum absolute atomic E-state index is 0.0620. The van der Waals surface area contributed by atoms with Gasteiger partial charge in [0.25, 0.3) is 11.8 Å². The predicted molar refractivity (Wildman–Crippen MR) is 171 cm³/mol. The van der Waals surface area contributed by atoms with Gasteiger partial charge in [-0.2, -0.15) is 0 Å². The molecule has 0 radical (unpaired) electrons. The molecule has 1 fully saturated rings. The molecule has 5 bridgehead atoms. The van der Waals surface area contributed by atoms with E-state index in [0.29, 0.717) is 25.1 Å². The third kappa shape index (κ3) is 8.67. The zero-order chi connectivity index (χ0) is 32.9. The maximum absolute atomic E-state index is 13.6. The molecule has 4 rings (SSSR count). The largest absolute Gasteiger partial charge is 0.451 e. The number of ether oxygens (including phenoxy) is 2. The Hall–Kier alpha value is -3.83. The van der Waals surface area contributed by atoms with Gasteiger partial charge in [-0.15, -0.1) is 0 Å². The van der Waals surface area contributed by atoms with Crippen LogP contribution in [0.15, 0.2) is 36.4 Å². The summed E-state index contributed by atoms with van der Waals surface area (Å²) in [4.78, 5) is 58.4. The lowest BCUT2D eigenvalue weighted by Gasteiger charge is -2.35. The van der Waals surface area contributed by atoms with Crippen LogP contribution < -0.4 is 16.1 Å². The maximum atomic E-state index is 13.6. The summed E-state index contributed by atoms with van der Waals surface area (Å²) in [6, 6.07) is 7.72. The van der Waals surface area contributed by atoms with Crippen molar-refractivity contribution < 1.29 is 28.7 Å². The van der Waals surface area contributed by atoms with Gasteiger partial charge in [0.05, 0.1) is 35.4 Å². The first-order valence-electron chi connectivity index (χ1n) is 15.9. The van der Waals surface area contributed by atoms with E-state index in [1.54, 1.807) is 26.8 Å². The number of hydrogen-bond acceptors (Lipinski definition) is 8. The normalized spacial score (nSPS) is 26.4. The third-order valence-electron chi connectivity index (χ3n) is 8.47. The van der Waals surface area contributed by atoms with E-state index in [9.17, 15) is 19.2 Å². The highest BCUT2D eigenvalue weighted by Gasteiger charge is 2.35. The first kappa shape index (κ1) is 34.1. The van der Waals surface area contributed by atoms with Crippen LogP contribution in [0.25, 0.3) is 17.0 Å².